The monoisotopic (exact) mass is 331 g/mol. The third-order valence-corrected chi connectivity index (χ3v) is 7.67. The maximum Gasteiger partial charge on any atom is 0.243 e. The zero-order valence-corrected chi connectivity index (χ0v) is 13.7. The first kappa shape index (κ1) is 14.7. The van der Waals surface area contributed by atoms with E-state index in [0.29, 0.717) is 15.2 Å². The molecule has 3 nitrogen and oxygen atoms in total. The lowest BCUT2D eigenvalue weighted by Crippen LogP contribution is -2.47. The molecule has 0 spiro atoms. The van der Waals surface area contributed by atoms with Crippen LogP contribution in [0.1, 0.15) is 25.7 Å². The van der Waals surface area contributed by atoms with Crippen LogP contribution in [-0.2, 0) is 10.0 Å². The topological polar surface area (TPSA) is 37.4 Å². The molecule has 2 aliphatic rings. The number of hydrogen-bond donors (Lipinski definition) is 0. The van der Waals surface area contributed by atoms with E-state index in [0.717, 1.165) is 25.7 Å². The first-order valence-electron chi connectivity index (χ1n) is 6.84. The Kier molecular flexibility index (Phi) is 4.06. The van der Waals surface area contributed by atoms with Gasteiger partial charge in [0.2, 0.25) is 10.0 Å². The van der Waals surface area contributed by atoms with Crippen molar-refractivity contribution in [3.8, 4) is 0 Å². The standard InChI is InChI=1S/C14H18ClNO2S2/c1-19-13-8-11-4-5-12(9-13)16(11)20(17,18)14-6-2-10(15)3-7-14/h2-3,6-7,11-13H,4-5,8-9H2,1H3. The maximum absolute atomic E-state index is 12.8. The van der Waals surface area contributed by atoms with Gasteiger partial charge in [0, 0.05) is 22.4 Å². The van der Waals surface area contributed by atoms with E-state index < -0.39 is 10.0 Å². The average Bonchev–Trinajstić information content (AvgIpc) is 2.71. The van der Waals surface area contributed by atoms with Gasteiger partial charge in [0.1, 0.15) is 0 Å². The largest absolute Gasteiger partial charge is 0.243 e. The van der Waals surface area contributed by atoms with E-state index in [4.69, 9.17) is 11.6 Å². The third kappa shape index (κ3) is 2.49. The number of rotatable bonds is 3. The van der Waals surface area contributed by atoms with Crippen LogP contribution in [0.15, 0.2) is 29.2 Å². The van der Waals surface area contributed by atoms with E-state index in [9.17, 15) is 8.42 Å². The fourth-order valence-electron chi connectivity index (χ4n) is 3.40. The zero-order chi connectivity index (χ0) is 14.3. The van der Waals surface area contributed by atoms with Gasteiger partial charge in [-0.25, -0.2) is 8.42 Å². The number of hydrogen-bond acceptors (Lipinski definition) is 3. The van der Waals surface area contributed by atoms with Crippen LogP contribution in [-0.4, -0.2) is 36.3 Å². The minimum absolute atomic E-state index is 0.173. The van der Waals surface area contributed by atoms with Crippen LogP contribution in [0, 0.1) is 0 Å². The van der Waals surface area contributed by atoms with Gasteiger partial charge in [0.25, 0.3) is 0 Å². The van der Waals surface area contributed by atoms with E-state index in [1.165, 1.54) is 0 Å². The number of fused-ring (bicyclic) bond motifs is 2. The van der Waals surface area contributed by atoms with E-state index in [1.54, 1.807) is 28.6 Å². The van der Waals surface area contributed by atoms with Crippen molar-refractivity contribution in [2.24, 2.45) is 0 Å². The van der Waals surface area contributed by atoms with E-state index >= 15 is 0 Å². The number of sulfonamides is 1. The second-order valence-corrected chi connectivity index (χ2v) is 8.92. The normalized spacial score (nSPS) is 30.6. The summed E-state index contributed by atoms with van der Waals surface area (Å²) in [4.78, 5) is 0.362. The summed E-state index contributed by atoms with van der Waals surface area (Å²) in [5.41, 5.74) is 0. The SMILES string of the molecule is CSC1CC2CCC(C1)N2S(=O)(=O)c1ccc(Cl)cc1. The fraction of sp³-hybridized carbons (Fsp3) is 0.571. The van der Waals surface area contributed by atoms with Gasteiger partial charge in [-0.1, -0.05) is 11.6 Å². The summed E-state index contributed by atoms with van der Waals surface area (Å²) in [5.74, 6) is 0. The highest BCUT2D eigenvalue weighted by Crippen LogP contribution is 2.42. The molecule has 0 N–H and O–H groups in total. The molecular weight excluding hydrogens is 314 g/mol. The summed E-state index contributed by atoms with van der Waals surface area (Å²) in [5, 5.41) is 1.16. The van der Waals surface area contributed by atoms with Gasteiger partial charge in [-0.15, -0.1) is 0 Å². The molecule has 2 fully saturated rings. The fourth-order valence-corrected chi connectivity index (χ4v) is 6.24. The Morgan fingerprint density at radius 2 is 1.70 bits per heavy atom. The quantitative estimate of drug-likeness (QED) is 0.852. The molecular formula is C14H18ClNO2S2. The molecule has 20 heavy (non-hydrogen) atoms. The molecule has 2 atom stereocenters. The molecule has 0 saturated carbocycles. The molecule has 6 heteroatoms. The van der Waals surface area contributed by atoms with Crippen molar-refractivity contribution in [3.05, 3.63) is 29.3 Å². The summed E-state index contributed by atoms with van der Waals surface area (Å²) in [6.07, 6.45) is 6.06. The first-order valence-corrected chi connectivity index (χ1v) is 9.95. The third-order valence-electron chi connectivity index (χ3n) is 4.35. The minimum atomic E-state index is -3.38. The molecule has 0 aliphatic carbocycles. The number of benzene rings is 1. The summed E-state index contributed by atoms with van der Waals surface area (Å²) >= 11 is 7.71. The minimum Gasteiger partial charge on any atom is -0.207 e. The molecule has 3 rings (SSSR count). The highest BCUT2D eigenvalue weighted by molar-refractivity contribution is 7.99. The van der Waals surface area contributed by atoms with Crippen LogP contribution in [0.3, 0.4) is 0 Å². The predicted octanol–water partition coefficient (Wildman–Crippen LogP) is 3.39. The van der Waals surface area contributed by atoms with E-state index in [-0.39, 0.29) is 12.1 Å². The van der Waals surface area contributed by atoms with Crippen molar-refractivity contribution >= 4 is 33.4 Å². The molecule has 2 heterocycles. The van der Waals surface area contributed by atoms with Gasteiger partial charge >= 0.3 is 0 Å². The van der Waals surface area contributed by atoms with Crippen LogP contribution in [0.4, 0.5) is 0 Å². The molecule has 1 aromatic rings. The van der Waals surface area contributed by atoms with E-state index in [2.05, 4.69) is 6.26 Å². The summed E-state index contributed by atoms with van der Waals surface area (Å²) in [7, 11) is -3.38. The summed E-state index contributed by atoms with van der Waals surface area (Å²) in [6.45, 7) is 0. The van der Waals surface area contributed by atoms with Crippen LogP contribution >= 0.6 is 23.4 Å². The van der Waals surface area contributed by atoms with Crippen molar-refractivity contribution < 1.29 is 8.42 Å². The van der Waals surface area contributed by atoms with Crippen LogP contribution in [0.2, 0.25) is 5.02 Å². The Balaban J connectivity index is 1.91. The Morgan fingerprint density at radius 1 is 1.15 bits per heavy atom. The molecule has 2 saturated heterocycles. The number of halogens is 1. The van der Waals surface area contributed by atoms with Gasteiger partial charge < -0.3 is 0 Å². The Labute approximate surface area is 129 Å². The second kappa shape index (κ2) is 5.52. The lowest BCUT2D eigenvalue weighted by Gasteiger charge is -2.37. The lowest BCUT2D eigenvalue weighted by molar-refractivity contribution is 0.253. The molecule has 0 amide bonds. The Hall–Kier alpha value is -0.230. The van der Waals surface area contributed by atoms with Crippen molar-refractivity contribution in [3.63, 3.8) is 0 Å². The number of thioether (sulfide) groups is 1. The molecule has 2 unspecified atom stereocenters. The Bertz CT molecular complexity index is 574. The maximum atomic E-state index is 12.8. The second-order valence-electron chi connectivity index (χ2n) is 5.50. The molecule has 0 aromatic heterocycles. The molecule has 0 radical (unpaired) electrons. The number of piperidine rings is 1. The summed E-state index contributed by atoms with van der Waals surface area (Å²) in [6, 6.07) is 6.85. The highest BCUT2D eigenvalue weighted by Gasteiger charge is 2.46. The van der Waals surface area contributed by atoms with Crippen LogP contribution in [0.25, 0.3) is 0 Å². The van der Waals surface area contributed by atoms with Crippen LogP contribution < -0.4 is 0 Å². The van der Waals surface area contributed by atoms with Gasteiger partial charge in [-0.3, -0.25) is 0 Å². The number of nitrogens with zero attached hydrogens (tertiary/aromatic N) is 1. The highest BCUT2D eigenvalue weighted by atomic mass is 35.5. The molecule has 2 aliphatic heterocycles. The van der Waals surface area contributed by atoms with Crippen LogP contribution in [0.5, 0.6) is 0 Å². The van der Waals surface area contributed by atoms with Gasteiger partial charge in [0.15, 0.2) is 0 Å². The molecule has 1 aromatic carbocycles. The predicted molar refractivity (Wildman–Crippen MR) is 83.8 cm³/mol. The van der Waals surface area contributed by atoms with Gasteiger partial charge in [-0.2, -0.15) is 16.1 Å². The average molecular weight is 332 g/mol. The smallest absolute Gasteiger partial charge is 0.207 e. The van der Waals surface area contributed by atoms with Crippen molar-refractivity contribution in [2.45, 2.75) is 47.9 Å². The van der Waals surface area contributed by atoms with Crippen molar-refractivity contribution in [1.29, 1.82) is 0 Å². The van der Waals surface area contributed by atoms with E-state index in [1.807, 2.05) is 11.8 Å². The summed E-state index contributed by atoms with van der Waals surface area (Å²) < 4.78 is 27.4. The van der Waals surface area contributed by atoms with Gasteiger partial charge in [-0.05, 0) is 56.2 Å². The Morgan fingerprint density at radius 3 is 2.20 bits per heavy atom. The molecule has 2 bridgehead atoms. The first-order chi connectivity index (χ1) is 9.52. The van der Waals surface area contributed by atoms with Crippen molar-refractivity contribution in [1.82, 2.24) is 4.31 Å². The van der Waals surface area contributed by atoms with Gasteiger partial charge in [0.05, 0.1) is 4.90 Å². The lowest BCUT2D eigenvalue weighted by atomic mass is 10.1. The van der Waals surface area contributed by atoms with Crippen molar-refractivity contribution in [2.75, 3.05) is 6.26 Å². The molecule has 110 valence electrons. The zero-order valence-electron chi connectivity index (χ0n) is 11.3.